The second-order valence-corrected chi connectivity index (χ2v) is 7.86. The molecule has 0 spiro atoms. The van der Waals surface area contributed by atoms with Gasteiger partial charge < -0.3 is 4.74 Å². The fourth-order valence-electron chi connectivity index (χ4n) is 2.51. The fourth-order valence-corrected chi connectivity index (χ4v) is 3.88. The van der Waals surface area contributed by atoms with Crippen LogP contribution in [0.25, 0.3) is 0 Å². The molecule has 1 aromatic carbocycles. The molecule has 0 radical (unpaired) electrons. The van der Waals surface area contributed by atoms with Gasteiger partial charge in [-0.3, -0.25) is 4.79 Å². The van der Waals surface area contributed by atoms with Crippen molar-refractivity contribution in [2.45, 2.75) is 37.0 Å². The summed E-state index contributed by atoms with van der Waals surface area (Å²) in [6.45, 7) is 0. The number of rotatable bonds is 4. The van der Waals surface area contributed by atoms with Crippen LogP contribution in [0.3, 0.4) is 0 Å². The van der Waals surface area contributed by atoms with E-state index in [1.807, 2.05) is 0 Å². The summed E-state index contributed by atoms with van der Waals surface area (Å²) in [6.07, 6.45) is 4.46. The second kappa shape index (κ2) is 6.14. The van der Waals surface area contributed by atoms with Crippen LogP contribution in [0.5, 0.6) is 5.75 Å². The van der Waals surface area contributed by atoms with Crippen molar-refractivity contribution in [1.82, 2.24) is 0 Å². The van der Waals surface area contributed by atoms with Crippen molar-refractivity contribution in [3.8, 4) is 5.75 Å². The number of hydrogen-bond acceptors (Lipinski definition) is 4. The third kappa shape index (κ3) is 3.52. The number of hydrogen-bond donors (Lipinski definition) is 0. The molecule has 0 aromatic heterocycles. The van der Waals surface area contributed by atoms with Crippen LogP contribution < -0.4 is 4.74 Å². The first-order chi connectivity index (χ1) is 9.41. The molecule has 2 unspecified atom stereocenters. The first-order valence-corrected chi connectivity index (χ1v) is 8.84. The lowest BCUT2D eigenvalue weighted by molar-refractivity contribution is 0.111. The van der Waals surface area contributed by atoms with Gasteiger partial charge in [0.2, 0.25) is 0 Å². The van der Waals surface area contributed by atoms with Gasteiger partial charge in [0, 0.05) is 12.7 Å². The van der Waals surface area contributed by atoms with Gasteiger partial charge in [-0.05, 0) is 31.4 Å². The summed E-state index contributed by atoms with van der Waals surface area (Å²) in [4.78, 5) is 11.1. The summed E-state index contributed by atoms with van der Waals surface area (Å²) in [5, 5.41) is -0.0203. The molecule has 1 saturated carbocycles. The summed E-state index contributed by atoms with van der Waals surface area (Å²) < 4.78 is 29.1. The molecule has 1 fully saturated rings. The lowest BCUT2D eigenvalue weighted by Gasteiger charge is -2.29. The molecule has 4 nitrogen and oxygen atoms in total. The molecule has 20 heavy (non-hydrogen) atoms. The number of benzene rings is 1. The zero-order valence-corrected chi connectivity index (χ0v) is 12.8. The smallest absolute Gasteiger partial charge is 0.155 e. The Hall–Kier alpha value is -1.07. The third-order valence-corrected chi connectivity index (χ3v) is 5.58. The van der Waals surface area contributed by atoms with Gasteiger partial charge in [0.25, 0.3) is 0 Å². The first kappa shape index (κ1) is 15.3. The number of carbonyl (C=O) groups excluding carboxylic acids is 1. The molecule has 2 rings (SSSR count). The van der Waals surface area contributed by atoms with Crippen molar-refractivity contribution in [2.24, 2.45) is 0 Å². The Labute approximate surface area is 124 Å². The predicted octanol–water partition coefficient (Wildman–Crippen LogP) is 2.89. The Bertz CT molecular complexity index is 597. The molecule has 0 aliphatic heterocycles. The minimum Gasteiger partial charge on any atom is -0.490 e. The van der Waals surface area contributed by atoms with Crippen LogP contribution in [-0.4, -0.2) is 32.3 Å². The normalized spacial score (nSPS) is 23.3. The fraction of sp³-hybridized carbons (Fsp3) is 0.500. The number of halogens is 1. The second-order valence-electron chi connectivity index (χ2n) is 5.13. The number of sulfone groups is 1. The highest BCUT2D eigenvalue weighted by atomic mass is 35.5. The van der Waals surface area contributed by atoms with E-state index in [0.717, 1.165) is 12.8 Å². The standard InChI is InChI=1S/C14H17ClO4S/c1-20(17,18)11-5-2-4-10(8-11)19-14-7-3-6-13(15)12(14)9-16/h3,6-7,9-11H,2,4-5,8H2,1H3. The first-order valence-electron chi connectivity index (χ1n) is 6.51. The highest BCUT2D eigenvalue weighted by molar-refractivity contribution is 7.91. The van der Waals surface area contributed by atoms with Gasteiger partial charge in [-0.25, -0.2) is 8.42 Å². The summed E-state index contributed by atoms with van der Waals surface area (Å²) in [6, 6.07) is 5.01. The number of ether oxygens (including phenoxy) is 1. The van der Waals surface area contributed by atoms with Crippen molar-refractivity contribution in [3.63, 3.8) is 0 Å². The maximum atomic E-state index is 11.6. The largest absolute Gasteiger partial charge is 0.490 e. The SMILES string of the molecule is CS(=O)(=O)C1CCCC(Oc2cccc(Cl)c2C=O)C1. The molecule has 0 heterocycles. The average Bonchev–Trinajstić information content (AvgIpc) is 2.38. The van der Waals surface area contributed by atoms with Crippen LogP contribution in [-0.2, 0) is 9.84 Å². The molecule has 0 bridgehead atoms. The highest BCUT2D eigenvalue weighted by Crippen LogP contribution is 2.30. The van der Waals surface area contributed by atoms with Crippen LogP contribution in [0.2, 0.25) is 5.02 Å². The number of aldehydes is 1. The lowest BCUT2D eigenvalue weighted by Crippen LogP contribution is -2.33. The average molecular weight is 317 g/mol. The van der Waals surface area contributed by atoms with Gasteiger partial charge in [0.1, 0.15) is 15.6 Å². The van der Waals surface area contributed by atoms with Gasteiger partial charge in [-0.15, -0.1) is 0 Å². The molecule has 1 aliphatic carbocycles. The van der Waals surface area contributed by atoms with Crippen LogP contribution in [0.4, 0.5) is 0 Å². The molecule has 1 aromatic rings. The Morgan fingerprint density at radius 2 is 2.10 bits per heavy atom. The van der Waals surface area contributed by atoms with Gasteiger partial charge in [0.15, 0.2) is 6.29 Å². The molecule has 2 atom stereocenters. The van der Waals surface area contributed by atoms with E-state index in [-0.39, 0.29) is 11.4 Å². The van der Waals surface area contributed by atoms with E-state index in [4.69, 9.17) is 16.3 Å². The van der Waals surface area contributed by atoms with Crippen LogP contribution in [0, 0.1) is 0 Å². The van der Waals surface area contributed by atoms with Gasteiger partial charge in [0.05, 0.1) is 21.9 Å². The van der Waals surface area contributed by atoms with E-state index in [0.29, 0.717) is 35.5 Å². The van der Waals surface area contributed by atoms with Crippen LogP contribution >= 0.6 is 11.6 Å². The lowest BCUT2D eigenvalue weighted by atomic mass is 9.97. The molecule has 0 amide bonds. The molecule has 0 saturated heterocycles. The monoisotopic (exact) mass is 316 g/mol. The van der Waals surface area contributed by atoms with E-state index in [1.54, 1.807) is 18.2 Å². The minimum atomic E-state index is -3.05. The van der Waals surface area contributed by atoms with Gasteiger partial charge >= 0.3 is 0 Å². The van der Waals surface area contributed by atoms with E-state index in [2.05, 4.69) is 0 Å². The summed E-state index contributed by atoms with van der Waals surface area (Å²) in [5.41, 5.74) is 0.315. The third-order valence-electron chi connectivity index (χ3n) is 3.61. The van der Waals surface area contributed by atoms with Crippen LogP contribution in [0.15, 0.2) is 18.2 Å². The minimum absolute atomic E-state index is 0.194. The maximum absolute atomic E-state index is 11.6. The Morgan fingerprint density at radius 1 is 1.35 bits per heavy atom. The zero-order valence-electron chi connectivity index (χ0n) is 11.2. The Morgan fingerprint density at radius 3 is 2.75 bits per heavy atom. The predicted molar refractivity (Wildman–Crippen MR) is 78.4 cm³/mol. The van der Waals surface area contributed by atoms with Crippen molar-refractivity contribution in [3.05, 3.63) is 28.8 Å². The van der Waals surface area contributed by atoms with Gasteiger partial charge in [-0.1, -0.05) is 17.7 Å². The quantitative estimate of drug-likeness (QED) is 0.801. The summed E-state index contributed by atoms with van der Waals surface area (Å²) in [5.74, 6) is 0.423. The molecular weight excluding hydrogens is 300 g/mol. The van der Waals surface area contributed by atoms with E-state index in [9.17, 15) is 13.2 Å². The van der Waals surface area contributed by atoms with Crippen molar-refractivity contribution in [1.29, 1.82) is 0 Å². The molecule has 0 N–H and O–H groups in total. The highest BCUT2D eigenvalue weighted by Gasteiger charge is 2.30. The molecule has 110 valence electrons. The van der Waals surface area contributed by atoms with Crippen molar-refractivity contribution < 1.29 is 17.9 Å². The van der Waals surface area contributed by atoms with Crippen LogP contribution in [0.1, 0.15) is 36.0 Å². The van der Waals surface area contributed by atoms with E-state index in [1.165, 1.54) is 6.26 Å². The van der Waals surface area contributed by atoms with Crippen molar-refractivity contribution in [2.75, 3.05) is 6.26 Å². The number of carbonyl (C=O) groups is 1. The van der Waals surface area contributed by atoms with E-state index >= 15 is 0 Å². The zero-order chi connectivity index (χ0) is 14.8. The molecule has 6 heteroatoms. The summed E-state index contributed by atoms with van der Waals surface area (Å²) >= 11 is 5.94. The summed E-state index contributed by atoms with van der Waals surface area (Å²) in [7, 11) is -3.05. The molecular formula is C14H17ClO4S. The topological polar surface area (TPSA) is 60.4 Å². The van der Waals surface area contributed by atoms with E-state index < -0.39 is 9.84 Å². The molecule has 1 aliphatic rings. The Kier molecular flexibility index (Phi) is 4.70. The Balaban J connectivity index is 2.14. The van der Waals surface area contributed by atoms with Gasteiger partial charge in [-0.2, -0.15) is 0 Å². The maximum Gasteiger partial charge on any atom is 0.155 e. The van der Waals surface area contributed by atoms with Crippen molar-refractivity contribution >= 4 is 27.7 Å².